The highest BCUT2D eigenvalue weighted by Gasteiger charge is 2.59. The van der Waals surface area contributed by atoms with Gasteiger partial charge in [-0.25, -0.2) is 0 Å². The van der Waals surface area contributed by atoms with Crippen molar-refractivity contribution < 1.29 is 14.6 Å². The van der Waals surface area contributed by atoms with Crippen LogP contribution in [0.1, 0.15) is 51.5 Å². The number of ether oxygens (including phenoxy) is 1. The van der Waals surface area contributed by atoms with Crippen molar-refractivity contribution in [2.45, 2.75) is 64.6 Å². The molecule has 4 heteroatoms. The molecule has 5 rings (SSSR count). The maximum Gasteiger partial charge on any atom is 0.311 e. The molecule has 2 heterocycles. The highest BCUT2D eigenvalue weighted by molar-refractivity contribution is 5.76. The number of rotatable bonds is 4. The highest BCUT2D eigenvalue weighted by Crippen LogP contribution is 2.56. The Morgan fingerprint density at radius 3 is 2.65 bits per heavy atom. The smallest absolute Gasteiger partial charge is 0.311 e. The third-order valence-corrected chi connectivity index (χ3v) is 9.10. The molecule has 1 aromatic rings. The summed E-state index contributed by atoms with van der Waals surface area (Å²) in [6.45, 7) is 7.29. The molecule has 31 heavy (non-hydrogen) atoms. The van der Waals surface area contributed by atoms with E-state index in [4.69, 9.17) is 4.74 Å². The number of nitrogens with zero attached hydrogens (tertiary/aromatic N) is 1. The summed E-state index contributed by atoms with van der Waals surface area (Å²) in [5.41, 5.74) is 2.52. The van der Waals surface area contributed by atoms with Gasteiger partial charge in [0, 0.05) is 24.3 Å². The molecule has 0 amide bonds. The van der Waals surface area contributed by atoms with Crippen LogP contribution in [0.4, 0.5) is 0 Å². The molecule has 4 aliphatic rings. The molecule has 1 N–H and O–H groups in total. The minimum Gasteiger partial charge on any atom is -0.461 e. The number of hydrogen-bond donors (Lipinski definition) is 1. The fraction of sp³-hybridized carbons (Fsp3) is 0.667. The zero-order valence-electron chi connectivity index (χ0n) is 19.0. The van der Waals surface area contributed by atoms with Gasteiger partial charge in [0.05, 0.1) is 12.0 Å². The fourth-order valence-electron chi connectivity index (χ4n) is 6.87. The van der Waals surface area contributed by atoms with Crippen LogP contribution in [0.3, 0.4) is 0 Å². The van der Waals surface area contributed by atoms with Crippen molar-refractivity contribution in [1.29, 1.82) is 0 Å². The molecule has 1 saturated carbocycles. The van der Waals surface area contributed by atoms with Crippen molar-refractivity contribution in [3.8, 4) is 0 Å². The largest absolute Gasteiger partial charge is 0.461 e. The monoisotopic (exact) mass is 423 g/mol. The number of benzene rings is 1. The van der Waals surface area contributed by atoms with E-state index >= 15 is 0 Å². The molecular formula is C27H37NO3. The molecule has 0 bridgehead atoms. The van der Waals surface area contributed by atoms with E-state index in [1.54, 1.807) is 0 Å². The zero-order valence-corrected chi connectivity index (χ0v) is 19.0. The van der Waals surface area contributed by atoms with Gasteiger partial charge >= 0.3 is 5.97 Å². The number of piperidine rings is 1. The average Bonchev–Trinajstić information content (AvgIpc) is 3.07. The van der Waals surface area contributed by atoms with Gasteiger partial charge in [-0.15, -0.1) is 0 Å². The van der Waals surface area contributed by atoms with Gasteiger partial charge in [0.15, 0.2) is 0 Å². The van der Waals surface area contributed by atoms with Crippen LogP contribution in [-0.2, 0) is 16.0 Å². The van der Waals surface area contributed by atoms with Crippen molar-refractivity contribution >= 4 is 5.97 Å². The van der Waals surface area contributed by atoms with Crippen LogP contribution in [0.25, 0.3) is 0 Å². The fourth-order valence-corrected chi connectivity index (χ4v) is 6.87. The molecule has 2 aliphatic carbocycles. The van der Waals surface area contributed by atoms with Gasteiger partial charge in [-0.3, -0.25) is 4.79 Å². The van der Waals surface area contributed by atoms with Crippen molar-refractivity contribution in [1.82, 2.24) is 4.90 Å². The van der Waals surface area contributed by atoms with Gasteiger partial charge in [-0.1, -0.05) is 55.8 Å². The lowest BCUT2D eigenvalue weighted by atomic mass is 9.55. The third-order valence-electron chi connectivity index (χ3n) is 9.10. The van der Waals surface area contributed by atoms with Crippen LogP contribution in [0.5, 0.6) is 0 Å². The number of aliphatic hydroxyl groups excluding tert-OH is 1. The second kappa shape index (κ2) is 8.37. The number of fused-ring (bicyclic) bond motifs is 2. The molecule has 0 aromatic heterocycles. The minimum absolute atomic E-state index is 0.0720. The molecule has 168 valence electrons. The topological polar surface area (TPSA) is 49.8 Å². The molecule has 3 fully saturated rings. The van der Waals surface area contributed by atoms with Gasteiger partial charge in [-0.05, 0) is 62.6 Å². The lowest BCUT2D eigenvalue weighted by molar-refractivity contribution is -0.145. The van der Waals surface area contributed by atoms with Crippen LogP contribution in [0, 0.1) is 29.1 Å². The first-order chi connectivity index (χ1) is 15.0. The van der Waals surface area contributed by atoms with Crippen molar-refractivity contribution in [3.63, 3.8) is 0 Å². The summed E-state index contributed by atoms with van der Waals surface area (Å²) in [6.07, 6.45) is 8.16. The lowest BCUT2D eigenvalue weighted by Crippen LogP contribution is -2.55. The summed E-state index contributed by atoms with van der Waals surface area (Å²) in [7, 11) is 0. The summed E-state index contributed by atoms with van der Waals surface area (Å²) in [5.74, 6) is 0.803. The Hall–Kier alpha value is -1.65. The molecule has 1 aromatic carbocycles. The zero-order chi connectivity index (χ0) is 21.6. The van der Waals surface area contributed by atoms with Crippen molar-refractivity contribution in [2.24, 2.45) is 29.1 Å². The second-order valence-electron chi connectivity index (χ2n) is 10.7. The van der Waals surface area contributed by atoms with E-state index in [-0.39, 0.29) is 29.3 Å². The average molecular weight is 424 g/mol. The van der Waals surface area contributed by atoms with Crippen LogP contribution < -0.4 is 0 Å². The van der Waals surface area contributed by atoms with E-state index in [9.17, 15) is 9.90 Å². The van der Waals surface area contributed by atoms with Gasteiger partial charge in [-0.2, -0.15) is 0 Å². The molecule has 2 aliphatic heterocycles. The number of esters is 1. The van der Waals surface area contributed by atoms with Gasteiger partial charge in [0.2, 0.25) is 0 Å². The normalized spacial score (nSPS) is 38.9. The van der Waals surface area contributed by atoms with E-state index in [0.717, 1.165) is 51.2 Å². The summed E-state index contributed by atoms with van der Waals surface area (Å²) in [6, 6.07) is 10.8. The minimum atomic E-state index is -0.500. The highest BCUT2D eigenvalue weighted by atomic mass is 16.6. The second-order valence-corrected chi connectivity index (χ2v) is 10.7. The first-order valence-corrected chi connectivity index (χ1v) is 12.3. The van der Waals surface area contributed by atoms with Gasteiger partial charge in [0.25, 0.3) is 0 Å². The summed E-state index contributed by atoms with van der Waals surface area (Å²) in [4.78, 5) is 15.3. The molecular weight excluding hydrogens is 386 g/mol. The molecule has 2 saturated heterocycles. The number of hydrogen-bond acceptors (Lipinski definition) is 4. The SMILES string of the molecule is C[C@H]1CCC=C2C[C@H]3OC(=O)[C@@H](CN4CCC(Cc5ccccc5)CC4)[C@H]3[C@H](O)[C@@]21C. The first kappa shape index (κ1) is 21.2. The molecule has 0 spiro atoms. The van der Waals surface area contributed by atoms with Crippen LogP contribution in [0.2, 0.25) is 0 Å². The van der Waals surface area contributed by atoms with Crippen molar-refractivity contribution in [2.75, 3.05) is 19.6 Å². The third kappa shape index (κ3) is 3.76. The quantitative estimate of drug-likeness (QED) is 0.582. The van der Waals surface area contributed by atoms with E-state index < -0.39 is 6.10 Å². The Kier molecular flexibility index (Phi) is 5.72. The lowest BCUT2D eigenvalue weighted by Gasteiger charge is -2.52. The summed E-state index contributed by atoms with van der Waals surface area (Å²) < 4.78 is 5.85. The van der Waals surface area contributed by atoms with Crippen LogP contribution in [0.15, 0.2) is 42.0 Å². The van der Waals surface area contributed by atoms with E-state index in [2.05, 4.69) is 55.2 Å². The van der Waals surface area contributed by atoms with Crippen LogP contribution >= 0.6 is 0 Å². The Bertz CT molecular complexity index is 828. The van der Waals surface area contributed by atoms with E-state index in [1.807, 2.05) is 0 Å². The van der Waals surface area contributed by atoms with E-state index in [1.165, 1.54) is 24.0 Å². The Labute approximate surface area is 186 Å². The number of allylic oxidation sites excluding steroid dienone is 1. The summed E-state index contributed by atoms with van der Waals surface area (Å²) in [5, 5.41) is 11.5. The predicted octanol–water partition coefficient (Wildman–Crippen LogP) is 4.23. The summed E-state index contributed by atoms with van der Waals surface area (Å²) >= 11 is 0. The number of carbonyl (C=O) groups is 1. The maximum absolute atomic E-state index is 12.9. The standard InChI is InChI=1S/C27H37NO3/c1-18-7-6-10-21-16-23-24(25(29)27(18,21)2)22(26(30)31-23)17-28-13-11-20(12-14-28)15-19-8-4-3-5-9-19/h3-5,8-10,18,20,22-25,29H,6-7,11-17H2,1-2H3/t18-,22-,23+,24+,25-,27+/m0/s1. The maximum atomic E-state index is 12.9. The molecule has 4 nitrogen and oxygen atoms in total. The number of likely N-dealkylation sites (tertiary alicyclic amines) is 1. The predicted molar refractivity (Wildman–Crippen MR) is 121 cm³/mol. The Morgan fingerprint density at radius 1 is 1.16 bits per heavy atom. The molecule has 0 unspecified atom stereocenters. The van der Waals surface area contributed by atoms with Crippen molar-refractivity contribution in [3.05, 3.63) is 47.5 Å². The number of carbonyl (C=O) groups excluding carboxylic acids is 1. The van der Waals surface area contributed by atoms with Gasteiger partial charge < -0.3 is 14.7 Å². The molecule has 0 radical (unpaired) electrons. The number of aliphatic hydroxyl groups is 1. The van der Waals surface area contributed by atoms with Crippen LogP contribution in [-0.4, -0.2) is 47.8 Å². The molecule has 6 atom stereocenters. The Balaban J connectivity index is 1.24. The van der Waals surface area contributed by atoms with E-state index in [0.29, 0.717) is 5.92 Å². The first-order valence-electron chi connectivity index (χ1n) is 12.3. The Morgan fingerprint density at radius 2 is 1.90 bits per heavy atom. The van der Waals surface area contributed by atoms with Gasteiger partial charge in [0.1, 0.15) is 6.10 Å².